The van der Waals surface area contributed by atoms with E-state index < -0.39 is 21.7 Å². The maximum absolute atomic E-state index is 14.3. The van der Waals surface area contributed by atoms with Crippen molar-refractivity contribution in [3.8, 4) is 28.4 Å². The van der Waals surface area contributed by atoms with Crippen LogP contribution in [0.4, 0.5) is 14.5 Å². The summed E-state index contributed by atoms with van der Waals surface area (Å²) in [6.07, 6.45) is 2.21. The van der Waals surface area contributed by atoms with E-state index in [2.05, 4.69) is 4.72 Å². The van der Waals surface area contributed by atoms with Crippen molar-refractivity contribution in [2.45, 2.75) is 20.3 Å². The second kappa shape index (κ2) is 10.0. The van der Waals surface area contributed by atoms with E-state index in [0.717, 1.165) is 12.1 Å². The Bertz CT molecular complexity index is 1320. The molecule has 0 unspecified atom stereocenters. The summed E-state index contributed by atoms with van der Waals surface area (Å²) in [5, 5.41) is 0. The first-order chi connectivity index (χ1) is 15.6. The van der Waals surface area contributed by atoms with E-state index in [1.165, 1.54) is 42.0 Å². The minimum atomic E-state index is -3.57. The third-order valence-corrected chi connectivity index (χ3v) is 6.00. The molecule has 1 heterocycles. The zero-order valence-corrected chi connectivity index (χ0v) is 19.2. The number of hydrogen-bond donors (Lipinski definition) is 1. The fourth-order valence-electron chi connectivity index (χ4n) is 2.97. The summed E-state index contributed by atoms with van der Waals surface area (Å²) in [6, 6.07) is 8.64. The Balaban J connectivity index is 2.19. The number of hydrogen-bond acceptors (Lipinski definition) is 5. The second-order valence-corrected chi connectivity index (χ2v) is 9.25. The van der Waals surface area contributed by atoms with Gasteiger partial charge in [0.15, 0.2) is 11.6 Å². The Morgan fingerprint density at radius 2 is 1.70 bits per heavy atom. The largest absolute Gasteiger partial charge is 0.493 e. The molecule has 0 spiro atoms. The van der Waals surface area contributed by atoms with Gasteiger partial charge in [0.2, 0.25) is 10.0 Å². The number of sulfonamides is 1. The van der Waals surface area contributed by atoms with Crippen LogP contribution in [0.5, 0.6) is 17.2 Å². The minimum Gasteiger partial charge on any atom is -0.493 e. The summed E-state index contributed by atoms with van der Waals surface area (Å²) in [5.74, 6) is -1.59. The van der Waals surface area contributed by atoms with E-state index in [-0.39, 0.29) is 34.2 Å². The number of ether oxygens (including phenoxy) is 2. The molecule has 2 aromatic carbocycles. The van der Waals surface area contributed by atoms with Gasteiger partial charge in [0.25, 0.3) is 5.56 Å². The maximum Gasteiger partial charge on any atom is 0.254 e. The molecule has 1 aromatic heterocycles. The van der Waals surface area contributed by atoms with Gasteiger partial charge in [0.1, 0.15) is 17.3 Å². The molecular formula is C23H24F2N2O5S. The first-order valence-corrected chi connectivity index (χ1v) is 11.9. The summed E-state index contributed by atoms with van der Waals surface area (Å²) < 4.78 is 67.0. The van der Waals surface area contributed by atoms with Gasteiger partial charge in [-0.05, 0) is 43.7 Å². The molecule has 0 saturated heterocycles. The van der Waals surface area contributed by atoms with Crippen LogP contribution in [0.15, 0.2) is 53.5 Å². The van der Waals surface area contributed by atoms with Gasteiger partial charge in [-0.2, -0.15) is 0 Å². The molecule has 0 aliphatic heterocycles. The highest BCUT2D eigenvalue weighted by Gasteiger charge is 2.18. The molecule has 0 radical (unpaired) electrons. The van der Waals surface area contributed by atoms with Crippen LogP contribution >= 0.6 is 0 Å². The lowest BCUT2D eigenvalue weighted by atomic mass is 10.0. The molecular weight excluding hydrogens is 454 g/mol. The van der Waals surface area contributed by atoms with Gasteiger partial charge in [0, 0.05) is 42.2 Å². The van der Waals surface area contributed by atoms with Crippen molar-refractivity contribution in [1.82, 2.24) is 4.57 Å². The molecule has 3 rings (SSSR count). The molecule has 33 heavy (non-hydrogen) atoms. The van der Waals surface area contributed by atoms with Crippen molar-refractivity contribution < 1.29 is 26.7 Å². The maximum atomic E-state index is 14.3. The zero-order valence-electron chi connectivity index (χ0n) is 18.4. The number of nitrogens with zero attached hydrogens (tertiary/aromatic N) is 1. The average Bonchev–Trinajstić information content (AvgIpc) is 2.77. The molecule has 0 amide bonds. The lowest BCUT2D eigenvalue weighted by molar-refractivity contribution is 0.317. The average molecular weight is 479 g/mol. The number of aryl methyl sites for hydroxylation is 1. The van der Waals surface area contributed by atoms with Gasteiger partial charge in [-0.25, -0.2) is 17.2 Å². The van der Waals surface area contributed by atoms with Crippen molar-refractivity contribution in [3.63, 3.8) is 0 Å². The monoisotopic (exact) mass is 478 g/mol. The number of pyridine rings is 1. The van der Waals surface area contributed by atoms with Crippen LogP contribution in [0.3, 0.4) is 0 Å². The quantitative estimate of drug-likeness (QED) is 0.483. The van der Waals surface area contributed by atoms with E-state index >= 15 is 0 Å². The lowest BCUT2D eigenvalue weighted by Crippen LogP contribution is -2.16. The zero-order chi connectivity index (χ0) is 24.2. The van der Waals surface area contributed by atoms with Crippen LogP contribution in [0.1, 0.15) is 20.3 Å². The van der Waals surface area contributed by atoms with E-state index in [9.17, 15) is 22.0 Å². The Morgan fingerprint density at radius 3 is 2.36 bits per heavy atom. The minimum absolute atomic E-state index is 0.133. The van der Waals surface area contributed by atoms with Gasteiger partial charge in [-0.1, -0.05) is 6.92 Å². The fraction of sp³-hybridized carbons (Fsp3) is 0.261. The smallest absolute Gasteiger partial charge is 0.254 e. The Morgan fingerprint density at radius 1 is 0.970 bits per heavy atom. The van der Waals surface area contributed by atoms with Gasteiger partial charge < -0.3 is 14.0 Å². The van der Waals surface area contributed by atoms with Crippen molar-refractivity contribution in [1.29, 1.82) is 0 Å². The number of halogens is 2. The molecule has 0 bridgehead atoms. The van der Waals surface area contributed by atoms with Crippen LogP contribution < -0.4 is 19.8 Å². The summed E-state index contributed by atoms with van der Waals surface area (Å²) in [6.45, 7) is 3.75. The predicted octanol–water partition coefficient (Wildman–Crippen LogP) is 4.67. The molecule has 0 saturated carbocycles. The number of aromatic nitrogens is 1. The van der Waals surface area contributed by atoms with Crippen LogP contribution in [0, 0.1) is 11.6 Å². The van der Waals surface area contributed by atoms with Crippen LogP contribution in [-0.4, -0.2) is 25.3 Å². The van der Waals surface area contributed by atoms with Gasteiger partial charge in [-0.3, -0.25) is 9.52 Å². The van der Waals surface area contributed by atoms with E-state index in [1.807, 2.05) is 6.92 Å². The van der Waals surface area contributed by atoms with Crippen molar-refractivity contribution in [2.24, 2.45) is 7.05 Å². The highest BCUT2D eigenvalue weighted by molar-refractivity contribution is 7.92. The van der Waals surface area contributed by atoms with Gasteiger partial charge in [0.05, 0.1) is 12.4 Å². The summed E-state index contributed by atoms with van der Waals surface area (Å²) >= 11 is 0. The number of rotatable bonds is 9. The van der Waals surface area contributed by atoms with Crippen molar-refractivity contribution in [2.75, 3.05) is 17.1 Å². The molecule has 1 N–H and O–H groups in total. The van der Waals surface area contributed by atoms with Crippen molar-refractivity contribution in [3.05, 3.63) is 70.6 Å². The normalized spacial score (nSPS) is 11.3. The molecule has 10 heteroatoms. The van der Waals surface area contributed by atoms with E-state index in [0.29, 0.717) is 30.2 Å². The Hall–Kier alpha value is -3.40. The molecule has 176 valence electrons. The number of nitrogens with one attached hydrogen (secondary N) is 1. The summed E-state index contributed by atoms with van der Waals surface area (Å²) in [7, 11) is -2.02. The molecule has 0 aliphatic carbocycles. The predicted molar refractivity (Wildman–Crippen MR) is 122 cm³/mol. The molecule has 7 nitrogen and oxygen atoms in total. The fourth-order valence-corrected chi connectivity index (χ4v) is 3.60. The summed E-state index contributed by atoms with van der Waals surface area (Å²) in [5.41, 5.74) is 0.714. The highest BCUT2D eigenvalue weighted by atomic mass is 32.2. The van der Waals surface area contributed by atoms with E-state index in [4.69, 9.17) is 9.47 Å². The molecule has 0 atom stereocenters. The first kappa shape index (κ1) is 24.2. The molecule has 0 aliphatic rings. The Kier molecular flexibility index (Phi) is 7.37. The Labute approximate surface area is 190 Å². The van der Waals surface area contributed by atoms with E-state index in [1.54, 1.807) is 7.05 Å². The standard InChI is InChI=1S/C23H24F2N2O5S/c1-4-10-31-22-13-23(28)27(3)14-18(22)17-12-16(26-33(29,30)5-2)7-9-20(17)32-21-8-6-15(24)11-19(21)25/h6-9,11-14,26H,4-5,10H2,1-3H3. The lowest BCUT2D eigenvalue weighted by Gasteiger charge is -2.18. The van der Waals surface area contributed by atoms with Crippen LogP contribution in [-0.2, 0) is 17.1 Å². The van der Waals surface area contributed by atoms with Crippen molar-refractivity contribution >= 4 is 15.7 Å². The van der Waals surface area contributed by atoms with Crippen LogP contribution in [0.2, 0.25) is 0 Å². The molecule has 0 fully saturated rings. The second-order valence-electron chi connectivity index (χ2n) is 7.24. The number of benzene rings is 2. The highest BCUT2D eigenvalue weighted by Crippen LogP contribution is 2.40. The topological polar surface area (TPSA) is 86.6 Å². The van der Waals surface area contributed by atoms with Crippen LogP contribution in [0.25, 0.3) is 11.1 Å². The summed E-state index contributed by atoms with van der Waals surface area (Å²) in [4.78, 5) is 12.2. The first-order valence-electron chi connectivity index (χ1n) is 10.2. The van der Waals surface area contributed by atoms with Gasteiger partial charge >= 0.3 is 0 Å². The SMILES string of the molecule is CCCOc1cc(=O)n(C)cc1-c1cc(NS(=O)(=O)CC)ccc1Oc1ccc(F)cc1F. The number of anilines is 1. The molecule has 3 aromatic rings. The third kappa shape index (κ3) is 5.89. The van der Waals surface area contributed by atoms with Gasteiger partial charge in [-0.15, -0.1) is 0 Å². The third-order valence-electron chi connectivity index (χ3n) is 4.69.